The molecule has 8 nitrogen and oxygen atoms in total. The van der Waals surface area contributed by atoms with E-state index in [-0.39, 0.29) is 6.61 Å². The zero-order chi connectivity index (χ0) is 28.3. The average molecular weight is 614 g/mol. The molecule has 3 heterocycles. The third-order valence-corrected chi connectivity index (χ3v) is 7.87. The first-order valence-corrected chi connectivity index (χ1v) is 14.4. The van der Waals surface area contributed by atoms with Crippen molar-refractivity contribution in [3.05, 3.63) is 87.6 Å². The second kappa shape index (κ2) is 12.4. The number of rotatable bonds is 9. The Bertz CT molecular complexity index is 1610. The number of aromatic nitrogens is 2. The second-order valence-corrected chi connectivity index (χ2v) is 11.2. The van der Waals surface area contributed by atoms with E-state index < -0.39 is 6.10 Å². The van der Waals surface area contributed by atoms with Gasteiger partial charge in [0.05, 0.1) is 16.6 Å². The molecule has 11 heteroatoms. The molecule has 1 N–H and O–H groups in total. The number of benzene rings is 3. The van der Waals surface area contributed by atoms with Crippen molar-refractivity contribution in [1.29, 1.82) is 0 Å². The number of hydrogen-bond acceptors (Lipinski definition) is 8. The van der Waals surface area contributed by atoms with Gasteiger partial charge in [0.1, 0.15) is 29.7 Å². The Hall–Kier alpha value is -3.11. The van der Waals surface area contributed by atoms with Crippen molar-refractivity contribution in [2.24, 2.45) is 0 Å². The first-order valence-electron chi connectivity index (χ1n) is 13.2. The van der Waals surface area contributed by atoms with Gasteiger partial charge in [-0.05, 0) is 48.5 Å². The van der Waals surface area contributed by atoms with Crippen LogP contribution in [0.15, 0.2) is 75.7 Å². The van der Waals surface area contributed by atoms with Gasteiger partial charge in [-0.2, -0.15) is 0 Å². The van der Waals surface area contributed by atoms with Gasteiger partial charge in [0.25, 0.3) is 0 Å². The number of aliphatic hydroxyl groups excluding tert-OH is 1. The summed E-state index contributed by atoms with van der Waals surface area (Å²) in [7, 11) is 0. The zero-order valence-electron chi connectivity index (χ0n) is 22.0. The molecule has 41 heavy (non-hydrogen) atoms. The number of β-amino-alcohol motifs (C(OH)–C–C–N with tert-alkyl or cyclic N) is 1. The normalized spacial score (nSPS) is 15.4. The summed E-state index contributed by atoms with van der Waals surface area (Å²) in [5.74, 6) is 1.89. The Kier molecular flexibility index (Phi) is 8.48. The smallest absolute Gasteiger partial charge is 0.227 e. The fourth-order valence-corrected chi connectivity index (χ4v) is 5.57. The molecular formula is C30H27Cl3N4O4. The van der Waals surface area contributed by atoms with Crippen LogP contribution in [0.5, 0.6) is 5.75 Å². The molecule has 0 amide bonds. The first-order chi connectivity index (χ1) is 19.9. The number of ether oxygens (including phenoxy) is 1. The predicted octanol–water partition coefficient (Wildman–Crippen LogP) is 6.67. The fraction of sp³-hybridized carbons (Fsp3) is 0.267. The number of oxazole rings is 1. The van der Waals surface area contributed by atoms with E-state index in [2.05, 4.69) is 19.9 Å². The Morgan fingerprint density at radius 3 is 2.39 bits per heavy atom. The molecule has 3 aromatic carbocycles. The lowest BCUT2D eigenvalue weighted by molar-refractivity contribution is 0.0430. The summed E-state index contributed by atoms with van der Waals surface area (Å²) in [6.07, 6.45) is -0.628. The third-order valence-electron chi connectivity index (χ3n) is 6.98. The maximum Gasteiger partial charge on any atom is 0.227 e. The van der Waals surface area contributed by atoms with Crippen LogP contribution in [0, 0.1) is 0 Å². The molecule has 0 aliphatic carbocycles. The van der Waals surface area contributed by atoms with Crippen LogP contribution in [0.3, 0.4) is 0 Å². The zero-order valence-corrected chi connectivity index (χ0v) is 24.2. The molecule has 2 aromatic heterocycles. The highest BCUT2D eigenvalue weighted by Crippen LogP contribution is 2.34. The minimum atomic E-state index is -0.628. The molecule has 0 spiro atoms. The number of hydrogen-bond donors (Lipinski definition) is 1. The van der Waals surface area contributed by atoms with Crippen molar-refractivity contribution in [3.63, 3.8) is 0 Å². The minimum absolute atomic E-state index is 0.180. The molecular weight excluding hydrogens is 587 g/mol. The Labute approximate surface area is 252 Å². The van der Waals surface area contributed by atoms with Gasteiger partial charge >= 0.3 is 0 Å². The van der Waals surface area contributed by atoms with Crippen LogP contribution in [0.2, 0.25) is 15.1 Å². The molecule has 0 bridgehead atoms. The maximum atomic E-state index is 10.6. The summed E-state index contributed by atoms with van der Waals surface area (Å²) in [6, 6.07) is 20.0. The van der Waals surface area contributed by atoms with Crippen LogP contribution >= 0.6 is 34.8 Å². The van der Waals surface area contributed by atoms with Crippen molar-refractivity contribution in [2.75, 3.05) is 39.3 Å². The Morgan fingerprint density at radius 2 is 1.63 bits per heavy atom. The first kappa shape index (κ1) is 28.0. The molecule has 0 unspecified atom stereocenters. The Morgan fingerprint density at radius 1 is 0.902 bits per heavy atom. The quantitative estimate of drug-likeness (QED) is 0.197. The number of piperazine rings is 1. The van der Waals surface area contributed by atoms with E-state index in [1.54, 1.807) is 30.3 Å². The summed E-state index contributed by atoms with van der Waals surface area (Å²) >= 11 is 18.6. The van der Waals surface area contributed by atoms with Gasteiger partial charge in [0.2, 0.25) is 5.89 Å². The third kappa shape index (κ3) is 6.70. The topological polar surface area (TPSA) is 88.0 Å². The van der Waals surface area contributed by atoms with Gasteiger partial charge < -0.3 is 18.8 Å². The van der Waals surface area contributed by atoms with E-state index >= 15 is 0 Å². The fourth-order valence-electron chi connectivity index (χ4n) is 4.85. The van der Waals surface area contributed by atoms with E-state index in [1.807, 2.05) is 36.4 Å². The van der Waals surface area contributed by atoms with E-state index in [0.717, 1.165) is 37.5 Å². The lowest BCUT2D eigenvalue weighted by Crippen LogP contribution is -2.48. The van der Waals surface area contributed by atoms with E-state index in [0.29, 0.717) is 62.2 Å². The largest absolute Gasteiger partial charge is 0.491 e. The molecule has 0 saturated carbocycles. The highest BCUT2D eigenvalue weighted by Gasteiger charge is 2.22. The molecule has 5 aromatic rings. The van der Waals surface area contributed by atoms with Crippen molar-refractivity contribution in [3.8, 4) is 28.5 Å². The van der Waals surface area contributed by atoms with Gasteiger partial charge in [-0.1, -0.05) is 46.0 Å². The van der Waals surface area contributed by atoms with E-state index in [4.69, 9.17) is 48.5 Å². The number of fused-ring (bicyclic) bond motifs is 1. The number of aliphatic hydroxyl groups is 1. The maximum absolute atomic E-state index is 10.6. The van der Waals surface area contributed by atoms with Crippen molar-refractivity contribution in [1.82, 2.24) is 19.9 Å². The lowest BCUT2D eigenvalue weighted by Gasteiger charge is -2.35. The molecule has 1 aliphatic heterocycles. The molecule has 212 valence electrons. The van der Waals surface area contributed by atoms with Crippen molar-refractivity contribution in [2.45, 2.75) is 12.6 Å². The van der Waals surface area contributed by atoms with Crippen LogP contribution in [0.1, 0.15) is 5.76 Å². The molecule has 1 aliphatic rings. The van der Waals surface area contributed by atoms with E-state index in [1.165, 1.54) is 0 Å². The summed E-state index contributed by atoms with van der Waals surface area (Å²) in [5, 5.41) is 16.5. The van der Waals surface area contributed by atoms with Crippen LogP contribution in [-0.2, 0) is 6.54 Å². The van der Waals surface area contributed by atoms with Gasteiger partial charge in [-0.25, -0.2) is 4.98 Å². The van der Waals surface area contributed by atoms with Crippen LogP contribution in [0.25, 0.3) is 33.8 Å². The van der Waals surface area contributed by atoms with Crippen LogP contribution in [-0.4, -0.2) is 70.5 Å². The number of nitrogens with zero attached hydrogens (tertiary/aromatic N) is 4. The summed E-state index contributed by atoms with van der Waals surface area (Å²) in [4.78, 5) is 9.10. The second-order valence-electron chi connectivity index (χ2n) is 9.97. The molecule has 1 fully saturated rings. The lowest BCUT2D eigenvalue weighted by atomic mass is 10.1. The van der Waals surface area contributed by atoms with E-state index in [9.17, 15) is 5.11 Å². The highest BCUT2D eigenvalue weighted by molar-refractivity contribution is 6.39. The monoisotopic (exact) mass is 612 g/mol. The molecule has 0 radical (unpaired) electrons. The summed E-state index contributed by atoms with van der Waals surface area (Å²) in [6.45, 7) is 4.68. The number of halogens is 3. The molecule has 1 saturated heterocycles. The SMILES string of the molecule is O[C@H](COc1ccc2oc(-c3ccc(Cl)cc3)nc2c1)CN1CCN(Cc2cc(-c3c(Cl)cccc3Cl)no2)CC1. The summed E-state index contributed by atoms with van der Waals surface area (Å²) in [5.41, 5.74) is 3.50. The predicted molar refractivity (Wildman–Crippen MR) is 160 cm³/mol. The minimum Gasteiger partial charge on any atom is -0.491 e. The van der Waals surface area contributed by atoms with Gasteiger partial charge in [0, 0.05) is 61.0 Å². The Balaban J connectivity index is 0.968. The van der Waals surface area contributed by atoms with Crippen molar-refractivity contribution < 1.29 is 18.8 Å². The van der Waals surface area contributed by atoms with Gasteiger partial charge in [0.15, 0.2) is 11.3 Å². The molecule has 1 atom stereocenters. The van der Waals surface area contributed by atoms with Gasteiger partial charge in [-0.15, -0.1) is 0 Å². The van der Waals surface area contributed by atoms with Crippen molar-refractivity contribution >= 4 is 45.9 Å². The average Bonchev–Trinajstić information content (AvgIpc) is 3.60. The standard InChI is InChI=1S/C30H27Cl3N4O4/c31-20-6-4-19(5-7-20)30-34-26-14-22(8-9-28(26)40-30)39-18-21(38)16-36-10-12-37(13-11-36)17-23-15-27(35-41-23)29-24(32)2-1-3-25(29)33/h1-9,14-15,21,38H,10-13,16-18H2/t21-/m0/s1. The van der Waals surface area contributed by atoms with Gasteiger partial charge in [-0.3, -0.25) is 9.80 Å². The highest BCUT2D eigenvalue weighted by atomic mass is 35.5. The van der Waals surface area contributed by atoms with Crippen LogP contribution in [0.4, 0.5) is 0 Å². The van der Waals surface area contributed by atoms with Crippen LogP contribution < -0.4 is 4.74 Å². The summed E-state index contributed by atoms with van der Waals surface area (Å²) < 4.78 is 17.3. The molecule has 6 rings (SSSR count).